The number of imidazole rings is 1. The Hall–Kier alpha value is -1.55. The standard InChI is InChI=1S/C13H15ClN2O2/c1-8(7-12(17)18)6-11-15-10-5-3-4-9(14)13(10)16(11)2/h3-5,8H,6-7H2,1-2H3,(H,17,18). The van der Waals surface area contributed by atoms with Crippen LogP contribution in [0.1, 0.15) is 19.2 Å². The summed E-state index contributed by atoms with van der Waals surface area (Å²) in [5.74, 6) is 0.142. The first-order valence-corrected chi connectivity index (χ1v) is 6.18. The van der Waals surface area contributed by atoms with Gasteiger partial charge in [0.05, 0.1) is 16.1 Å². The average molecular weight is 267 g/mol. The van der Waals surface area contributed by atoms with Gasteiger partial charge in [0.25, 0.3) is 0 Å². The minimum atomic E-state index is -0.778. The summed E-state index contributed by atoms with van der Waals surface area (Å²) in [4.78, 5) is 15.2. The Bertz CT molecular complexity index is 592. The third-order valence-corrected chi connectivity index (χ3v) is 3.30. The van der Waals surface area contributed by atoms with Crippen molar-refractivity contribution in [2.24, 2.45) is 13.0 Å². The fraction of sp³-hybridized carbons (Fsp3) is 0.385. The van der Waals surface area contributed by atoms with Crippen LogP contribution in [0.25, 0.3) is 11.0 Å². The van der Waals surface area contributed by atoms with Gasteiger partial charge in [0.15, 0.2) is 0 Å². The van der Waals surface area contributed by atoms with Crippen molar-refractivity contribution in [2.45, 2.75) is 19.8 Å². The number of hydrogen-bond acceptors (Lipinski definition) is 2. The maximum absolute atomic E-state index is 10.7. The molecule has 0 aliphatic rings. The van der Waals surface area contributed by atoms with Crippen LogP contribution in [0.5, 0.6) is 0 Å². The van der Waals surface area contributed by atoms with E-state index in [2.05, 4.69) is 4.98 Å². The summed E-state index contributed by atoms with van der Waals surface area (Å²) >= 11 is 6.14. The molecule has 0 saturated carbocycles. The number of carboxylic acids is 1. The van der Waals surface area contributed by atoms with Crippen LogP contribution >= 0.6 is 11.6 Å². The Kier molecular flexibility index (Phi) is 3.57. The summed E-state index contributed by atoms with van der Waals surface area (Å²) in [7, 11) is 1.91. The summed E-state index contributed by atoms with van der Waals surface area (Å²) in [5, 5.41) is 9.43. The SMILES string of the molecule is CC(CC(=O)O)Cc1nc2cccc(Cl)c2n1C. The summed E-state index contributed by atoms with van der Waals surface area (Å²) in [6.45, 7) is 1.91. The first-order valence-electron chi connectivity index (χ1n) is 5.80. The van der Waals surface area contributed by atoms with Crippen LogP contribution < -0.4 is 0 Å². The Morgan fingerprint density at radius 3 is 2.89 bits per heavy atom. The maximum Gasteiger partial charge on any atom is 0.303 e. The molecule has 1 atom stereocenters. The number of nitrogens with zero attached hydrogens (tertiary/aromatic N) is 2. The number of halogens is 1. The summed E-state index contributed by atoms with van der Waals surface area (Å²) in [6.07, 6.45) is 0.782. The van der Waals surface area contributed by atoms with Gasteiger partial charge in [-0.2, -0.15) is 0 Å². The lowest BCUT2D eigenvalue weighted by Crippen LogP contribution is -2.10. The molecule has 0 bridgehead atoms. The number of fused-ring (bicyclic) bond motifs is 1. The van der Waals surface area contributed by atoms with E-state index in [1.807, 2.05) is 36.7 Å². The van der Waals surface area contributed by atoms with Crippen molar-refractivity contribution in [1.82, 2.24) is 9.55 Å². The third-order valence-electron chi connectivity index (χ3n) is 2.99. The Labute approximate surface area is 110 Å². The zero-order chi connectivity index (χ0) is 13.3. The van der Waals surface area contributed by atoms with Gasteiger partial charge in [0, 0.05) is 19.9 Å². The molecule has 5 heteroatoms. The lowest BCUT2D eigenvalue weighted by atomic mass is 10.0. The van der Waals surface area contributed by atoms with Gasteiger partial charge in [0.1, 0.15) is 5.82 Å². The molecule has 96 valence electrons. The molecule has 0 saturated heterocycles. The molecule has 2 rings (SSSR count). The van der Waals surface area contributed by atoms with Crippen molar-refractivity contribution >= 4 is 28.6 Å². The number of aryl methyl sites for hydroxylation is 1. The van der Waals surface area contributed by atoms with E-state index in [9.17, 15) is 4.79 Å². The van der Waals surface area contributed by atoms with Gasteiger partial charge in [-0.3, -0.25) is 4.79 Å². The van der Waals surface area contributed by atoms with Crippen molar-refractivity contribution in [2.75, 3.05) is 0 Å². The summed E-state index contributed by atoms with van der Waals surface area (Å²) < 4.78 is 1.94. The second-order valence-corrected chi connectivity index (χ2v) is 5.01. The maximum atomic E-state index is 10.7. The van der Waals surface area contributed by atoms with Crippen molar-refractivity contribution < 1.29 is 9.90 Å². The van der Waals surface area contributed by atoms with E-state index in [0.29, 0.717) is 11.4 Å². The minimum absolute atomic E-state index is 0.0526. The molecule has 2 aromatic rings. The van der Waals surface area contributed by atoms with Gasteiger partial charge < -0.3 is 9.67 Å². The van der Waals surface area contributed by atoms with E-state index < -0.39 is 5.97 Å². The van der Waals surface area contributed by atoms with E-state index in [-0.39, 0.29) is 12.3 Å². The van der Waals surface area contributed by atoms with E-state index in [1.165, 1.54) is 0 Å². The van der Waals surface area contributed by atoms with Crippen LogP contribution in [0, 0.1) is 5.92 Å². The zero-order valence-electron chi connectivity index (χ0n) is 10.4. The molecule has 4 nitrogen and oxygen atoms in total. The van der Waals surface area contributed by atoms with Crippen LogP contribution in [-0.4, -0.2) is 20.6 Å². The Balaban J connectivity index is 2.32. The topological polar surface area (TPSA) is 55.1 Å². The number of para-hydroxylation sites is 1. The van der Waals surface area contributed by atoms with Gasteiger partial charge in [-0.25, -0.2) is 4.98 Å². The number of aliphatic carboxylic acids is 1. The van der Waals surface area contributed by atoms with Gasteiger partial charge in [-0.05, 0) is 18.1 Å². The van der Waals surface area contributed by atoms with Crippen LogP contribution in [0.2, 0.25) is 5.02 Å². The van der Waals surface area contributed by atoms with E-state index in [4.69, 9.17) is 16.7 Å². The molecular weight excluding hydrogens is 252 g/mol. The van der Waals surface area contributed by atoms with Crippen LogP contribution in [-0.2, 0) is 18.3 Å². The first-order chi connectivity index (χ1) is 8.49. The minimum Gasteiger partial charge on any atom is -0.481 e. The highest BCUT2D eigenvalue weighted by Gasteiger charge is 2.15. The van der Waals surface area contributed by atoms with Gasteiger partial charge in [-0.1, -0.05) is 24.6 Å². The number of rotatable bonds is 4. The van der Waals surface area contributed by atoms with Crippen molar-refractivity contribution in [3.05, 3.63) is 29.0 Å². The number of benzene rings is 1. The average Bonchev–Trinajstić information content (AvgIpc) is 2.56. The van der Waals surface area contributed by atoms with Gasteiger partial charge in [-0.15, -0.1) is 0 Å². The van der Waals surface area contributed by atoms with E-state index >= 15 is 0 Å². The summed E-state index contributed by atoms with van der Waals surface area (Å²) in [6, 6.07) is 5.60. The smallest absolute Gasteiger partial charge is 0.303 e. The normalized spacial score (nSPS) is 12.8. The number of carbonyl (C=O) groups is 1. The van der Waals surface area contributed by atoms with Crippen molar-refractivity contribution in [3.63, 3.8) is 0 Å². The molecule has 0 fully saturated rings. The predicted molar refractivity (Wildman–Crippen MR) is 70.8 cm³/mol. The van der Waals surface area contributed by atoms with Crippen molar-refractivity contribution in [3.8, 4) is 0 Å². The molecule has 1 aromatic heterocycles. The molecule has 1 unspecified atom stereocenters. The molecule has 0 radical (unpaired) electrons. The molecule has 1 N–H and O–H groups in total. The molecule has 1 aromatic carbocycles. The Morgan fingerprint density at radius 2 is 2.28 bits per heavy atom. The third kappa shape index (κ3) is 2.48. The highest BCUT2D eigenvalue weighted by atomic mass is 35.5. The van der Waals surface area contributed by atoms with Crippen LogP contribution in [0.4, 0.5) is 0 Å². The molecule has 0 aliphatic carbocycles. The zero-order valence-corrected chi connectivity index (χ0v) is 11.1. The predicted octanol–water partition coefficient (Wildman–Crippen LogP) is 2.88. The molecular formula is C13H15ClN2O2. The van der Waals surface area contributed by atoms with Crippen molar-refractivity contribution in [1.29, 1.82) is 0 Å². The Morgan fingerprint density at radius 1 is 1.56 bits per heavy atom. The largest absolute Gasteiger partial charge is 0.481 e. The quantitative estimate of drug-likeness (QED) is 0.926. The van der Waals surface area contributed by atoms with Gasteiger partial charge in [0.2, 0.25) is 0 Å². The molecule has 1 heterocycles. The lowest BCUT2D eigenvalue weighted by molar-refractivity contribution is -0.137. The number of hydrogen-bond donors (Lipinski definition) is 1. The van der Waals surface area contributed by atoms with E-state index in [0.717, 1.165) is 16.9 Å². The highest BCUT2D eigenvalue weighted by Crippen LogP contribution is 2.24. The van der Waals surface area contributed by atoms with Crippen LogP contribution in [0.3, 0.4) is 0 Å². The molecule has 0 amide bonds. The second-order valence-electron chi connectivity index (χ2n) is 4.60. The second kappa shape index (κ2) is 4.98. The van der Waals surface area contributed by atoms with Gasteiger partial charge >= 0.3 is 5.97 Å². The first kappa shape index (κ1) is 12.9. The lowest BCUT2D eigenvalue weighted by Gasteiger charge is -2.08. The molecule has 18 heavy (non-hydrogen) atoms. The fourth-order valence-corrected chi connectivity index (χ4v) is 2.43. The number of aromatic nitrogens is 2. The van der Waals surface area contributed by atoms with Crippen LogP contribution in [0.15, 0.2) is 18.2 Å². The van der Waals surface area contributed by atoms with E-state index in [1.54, 1.807) is 0 Å². The molecule has 0 aliphatic heterocycles. The molecule has 0 spiro atoms. The highest BCUT2D eigenvalue weighted by molar-refractivity contribution is 6.35. The summed E-state index contributed by atoms with van der Waals surface area (Å²) in [5.41, 5.74) is 1.75. The fourth-order valence-electron chi connectivity index (χ4n) is 2.13. The number of carboxylic acid groups (broad SMARTS) is 1. The monoisotopic (exact) mass is 266 g/mol.